The first-order chi connectivity index (χ1) is 20.9. The smallest absolute Gasteiger partial charge is 0.274 e. The fourth-order valence-corrected chi connectivity index (χ4v) is 5.44. The van der Waals surface area contributed by atoms with E-state index in [0.29, 0.717) is 46.0 Å². The van der Waals surface area contributed by atoms with Gasteiger partial charge in [0, 0.05) is 43.5 Å². The maximum atomic E-state index is 13.2. The van der Waals surface area contributed by atoms with Crippen LogP contribution in [0.25, 0.3) is 0 Å². The molecule has 0 radical (unpaired) electrons. The van der Waals surface area contributed by atoms with E-state index in [2.05, 4.69) is 30.8 Å². The monoisotopic (exact) mass is 617 g/mol. The van der Waals surface area contributed by atoms with Crippen LogP contribution in [0.15, 0.2) is 59.9 Å². The highest BCUT2D eigenvalue weighted by molar-refractivity contribution is 7.16. The van der Waals surface area contributed by atoms with Crippen LogP contribution in [0.2, 0.25) is 0 Å². The summed E-state index contributed by atoms with van der Waals surface area (Å²) >= 11 is 1.28. The summed E-state index contributed by atoms with van der Waals surface area (Å²) in [5.41, 5.74) is 8.90. The molecule has 3 heterocycles. The van der Waals surface area contributed by atoms with E-state index in [1.54, 1.807) is 47.8 Å². The molecule has 0 bridgehead atoms. The predicted octanol–water partition coefficient (Wildman–Crippen LogP) is 4.17. The van der Waals surface area contributed by atoms with E-state index < -0.39 is 5.91 Å². The number of hydrogen-bond acceptors (Lipinski definition) is 7. The van der Waals surface area contributed by atoms with Gasteiger partial charge in [-0.2, -0.15) is 0 Å². The fraction of sp³-hybridized carbons (Fsp3) is 0.323. The average Bonchev–Trinajstić information content (AvgIpc) is 3.67. The first-order valence-electron chi connectivity index (χ1n) is 14.2. The number of aromatic nitrogens is 3. The van der Waals surface area contributed by atoms with Crippen molar-refractivity contribution >= 4 is 51.4 Å². The zero-order valence-corrected chi connectivity index (χ0v) is 26.7. The number of aliphatic imine (C=N–C) groups is 1. The van der Waals surface area contributed by atoms with Crippen LogP contribution in [0.3, 0.4) is 0 Å². The maximum Gasteiger partial charge on any atom is 0.274 e. The van der Waals surface area contributed by atoms with Crippen molar-refractivity contribution in [1.29, 1.82) is 0 Å². The number of carbonyl (C=O) groups is 3. The maximum absolute atomic E-state index is 13.2. The molecule has 232 valence electrons. The number of nitrogens with zero attached hydrogens (tertiary/aromatic N) is 5. The quantitative estimate of drug-likeness (QED) is 0.106. The van der Waals surface area contributed by atoms with Gasteiger partial charge in [-0.3, -0.25) is 19.7 Å². The Balaban J connectivity index is 1.43. The molecule has 0 unspecified atom stereocenters. The largest absolute Gasteiger partial charge is 0.383 e. The zero-order chi connectivity index (χ0) is 32.0. The van der Waals surface area contributed by atoms with E-state index in [1.165, 1.54) is 11.3 Å². The van der Waals surface area contributed by atoms with E-state index in [-0.39, 0.29) is 17.7 Å². The minimum Gasteiger partial charge on any atom is -0.383 e. The van der Waals surface area contributed by atoms with E-state index >= 15 is 0 Å². The lowest BCUT2D eigenvalue weighted by molar-refractivity contribution is 0.0944. The van der Waals surface area contributed by atoms with Gasteiger partial charge in [0.05, 0.1) is 11.4 Å². The van der Waals surface area contributed by atoms with Crippen LogP contribution in [-0.4, -0.2) is 69.8 Å². The van der Waals surface area contributed by atoms with Gasteiger partial charge in [0.2, 0.25) is 0 Å². The Hall–Kier alpha value is -4.75. The molecule has 0 atom stereocenters. The molecule has 3 amide bonds. The molecule has 4 aromatic rings. The van der Waals surface area contributed by atoms with Gasteiger partial charge in [-0.1, -0.05) is 44.2 Å². The van der Waals surface area contributed by atoms with Crippen LogP contribution >= 0.6 is 11.3 Å². The number of thiazole rings is 1. The molecule has 0 saturated heterocycles. The van der Waals surface area contributed by atoms with Gasteiger partial charge in [0.25, 0.3) is 17.7 Å². The Labute approximate surface area is 261 Å². The highest BCUT2D eigenvalue weighted by Gasteiger charge is 2.23. The van der Waals surface area contributed by atoms with Crippen molar-refractivity contribution < 1.29 is 14.4 Å². The van der Waals surface area contributed by atoms with Crippen molar-refractivity contribution in [2.45, 2.75) is 26.2 Å². The van der Waals surface area contributed by atoms with Gasteiger partial charge < -0.3 is 30.4 Å². The van der Waals surface area contributed by atoms with Crippen LogP contribution in [-0.2, 0) is 14.1 Å². The van der Waals surface area contributed by atoms with Crippen LogP contribution < -0.4 is 21.7 Å². The Bertz CT molecular complexity index is 1670. The number of anilines is 2. The van der Waals surface area contributed by atoms with Crippen molar-refractivity contribution in [2.24, 2.45) is 24.8 Å². The molecule has 4 rings (SSSR count). The molecule has 13 heteroatoms. The lowest BCUT2D eigenvalue weighted by atomic mass is 10.1. The van der Waals surface area contributed by atoms with E-state index in [1.807, 2.05) is 58.3 Å². The first-order valence-corrected chi connectivity index (χ1v) is 15.0. The number of nitrogens with one attached hydrogen (secondary N) is 3. The molecular weight excluding hydrogens is 578 g/mol. The molecular formula is C31H39N9O3S. The number of rotatable bonds is 12. The second-order valence-corrected chi connectivity index (χ2v) is 12.0. The van der Waals surface area contributed by atoms with Crippen LogP contribution in [0, 0.1) is 0 Å². The topological polar surface area (TPSA) is 152 Å². The van der Waals surface area contributed by atoms with E-state index in [9.17, 15) is 14.4 Å². The van der Waals surface area contributed by atoms with Crippen molar-refractivity contribution in [3.63, 3.8) is 0 Å². The Morgan fingerprint density at radius 3 is 2.32 bits per heavy atom. The number of aryl methyl sites for hydroxylation is 2. The summed E-state index contributed by atoms with van der Waals surface area (Å²) < 4.78 is 3.27. The Kier molecular flexibility index (Phi) is 10.3. The normalized spacial score (nSPS) is 11.7. The van der Waals surface area contributed by atoms with Crippen LogP contribution in [0.4, 0.5) is 16.5 Å². The average molecular weight is 618 g/mol. The highest BCUT2D eigenvalue weighted by atomic mass is 32.1. The molecule has 12 nitrogen and oxygen atoms in total. The second-order valence-electron chi connectivity index (χ2n) is 11.0. The summed E-state index contributed by atoms with van der Waals surface area (Å²) in [6.07, 6.45) is 4.18. The molecule has 0 fully saturated rings. The highest BCUT2D eigenvalue weighted by Crippen LogP contribution is 2.30. The molecule has 0 aliphatic rings. The number of carbonyl (C=O) groups excluding carboxylic acids is 3. The molecule has 0 spiro atoms. The minimum atomic E-state index is -0.415. The third kappa shape index (κ3) is 7.99. The van der Waals surface area contributed by atoms with Crippen molar-refractivity contribution in [3.8, 4) is 0 Å². The molecule has 1 aromatic carbocycles. The predicted molar refractivity (Wildman–Crippen MR) is 175 cm³/mol. The fourth-order valence-electron chi connectivity index (χ4n) is 4.48. The second kappa shape index (κ2) is 14.1. The zero-order valence-electron chi connectivity index (χ0n) is 25.8. The van der Waals surface area contributed by atoms with Gasteiger partial charge in [0.1, 0.15) is 22.9 Å². The number of amides is 3. The van der Waals surface area contributed by atoms with Gasteiger partial charge in [-0.15, -0.1) is 11.3 Å². The third-order valence-corrected chi connectivity index (χ3v) is 7.99. The standard InChI is InChI=1S/C31H39N9O3S/c1-19(2)26-25(30(43)33-13-10-14-38(3)4)36-31(44-26)37-29(42)24-16-22(18-40(24)6)35-28(41)23-15-21(17-39(23)5)34-27(32)20-11-8-7-9-12-20/h7-9,11-12,15-19H,10,13-14H2,1-6H3,(H2,32,34)(H,33,43)(H,35,41)(H,36,37,42). The molecule has 0 aliphatic carbocycles. The summed E-state index contributed by atoms with van der Waals surface area (Å²) in [5.74, 6) is -0.647. The molecule has 0 aliphatic heterocycles. The number of amidine groups is 1. The number of nitrogens with two attached hydrogens (primary N) is 1. The number of hydrogen-bond donors (Lipinski definition) is 4. The lowest BCUT2D eigenvalue weighted by Crippen LogP contribution is -2.28. The summed E-state index contributed by atoms with van der Waals surface area (Å²) in [6, 6.07) is 12.6. The summed E-state index contributed by atoms with van der Waals surface area (Å²) in [6.45, 7) is 5.35. The molecule has 5 N–H and O–H groups in total. The van der Waals surface area contributed by atoms with Gasteiger partial charge in [0.15, 0.2) is 5.13 Å². The van der Waals surface area contributed by atoms with Gasteiger partial charge in [-0.05, 0) is 45.1 Å². The number of benzene rings is 1. The van der Waals surface area contributed by atoms with Gasteiger partial charge in [-0.25, -0.2) is 9.98 Å². The lowest BCUT2D eigenvalue weighted by Gasteiger charge is -2.10. The van der Waals surface area contributed by atoms with Crippen LogP contribution in [0.1, 0.15) is 68.1 Å². The van der Waals surface area contributed by atoms with Crippen molar-refractivity contribution in [2.75, 3.05) is 37.8 Å². The van der Waals surface area contributed by atoms with E-state index in [4.69, 9.17) is 5.73 Å². The van der Waals surface area contributed by atoms with Crippen molar-refractivity contribution in [1.82, 2.24) is 24.3 Å². The molecule has 44 heavy (non-hydrogen) atoms. The first kappa shape index (κ1) is 32.2. The summed E-state index contributed by atoms with van der Waals surface area (Å²) in [5, 5.41) is 8.90. The molecule has 3 aromatic heterocycles. The summed E-state index contributed by atoms with van der Waals surface area (Å²) in [4.78, 5) is 50.9. The molecule has 0 saturated carbocycles. The van der Waals surface area contributed by atoms with Crippen molar-refractivity contribution in [3.05, 3.63) is 82.4 Å². The SMILES string of the molecule is CC(C)c1sc(NC(=O)c2cc(NC(=O)c3cc(N=C(N)c4ccccc4)cn3C)cn2C)nc1C(=O)NCCCN(C)C. The van der Waals surface area contributed by atoms with Gasteiger partial charge >= 0.3 is 0 Å². The third-order valence-electron chi connectivity index (χ3n) is 6.72. The minimum absolute atomic E-state index is 0.0519. The van der Waals surface area contributed by atoms with Crippen LogP contribution in [0.5, 0.6) is 0 Å². The van der Waals surface area contributed by atoms with E-state index in [0.717, 1.165) is 23.4 Å². The summed E-state index contributed by atoms with van der Waals surface area (Å²) in [7, 11) is 7.42. The Morgan fingerprint density at radius 2 is 1.64 bits per heavy atom. The Morgan fingerprint density at radius 1 is 0.977 bits per heavy atom.